The molecule has 0 rings (SSSR count). The lowest BCUT2D eigenvalue weighted by Crippen LogP contribution is -2.36. The second-order valence-corrected chi connectivity index (χ2v) is 7.38. The van der Waals surface area contributed by atoms with Crippen molar-refractivity contribution in [3.05, 3.63) is 12.2 Å². The molecule has 0 fully saturated rings. The molecule has 21 heavy (non-hydrogen) atoms. The molecule has 1 atom stereocenters. The summed E-state index contributed by atoms with van der Waals surface area (Å²) in [6.07, 6.45) is 5.07. The van der Waals surface area contributed by atoms with Crippen LogP contribution in [0, 0.1) is 0 Å². The minimum Gasteiger partial charge on any atom is -0.463 e. The summed E-state index contributed by atoms with van der Waals surface area (Å²) in [5.41, 5.74) is 0.389. The van der Waals surface area contributed by atoms with Crippen molar-refractivity contribution in [2.45, 2.75) is 71.4 Å². The quantitative estimate of drug-likeness (QED) is 0.172. The van der Waals surface area contributed by atoms with Gasteiger partial charge in [0.2, 0.25) is 0 Å². The van der Waals surface area contributed by atoms with Crippen molar-refractivity contribution in [3.8, 4) is 0 Å². The third-order valence-electron chi connectivity index (χ3n) is 3.14. The molecule has 0 saturated carbocycles. The van der Waals surface area contributed by atoms with E-state index < -0.39 is 9.52 Å². The van der Waals surface area contributed by atoms with Gasteiger partial charge < -0.3 is 14.2 Å². The van der Waals surface area contributed by atoms with E-state index in [2.05, 4.69) is 20.4 Å². The first-order valence-electron chi connectivity index (χ1n) is 8.14. The van der Waals surface area contributed by atoms with Crippen LogP contribution < -0.4 is 0 Å². The lowest BCUT2D eigenvalue weighted by Gasteiger charge is -2.23. The number of esters is 1. The fraction of sp³-hybridized carbons (Fsp3) is 0.812. The Morgan fingerprint density at radius 1 is 1.10 bits per heavy atom. The number of unbranched alkanes of at least 4 members (excludes halogenated alkanes) is 2. The summed E-state index contributed by atoms with van der Waals surface area (Å²) < 4.78 is 17.1. The molecule has 0 aliphatic rings. The van der Waals surface area contributed by atoms with E-state index >= 15 is 0 Å². The smallest absolute Gasteiger partial charge is 0.333 e. The molecule has 4 nitrogen and oxygen atoms in total. The van der Waals surface area contributed by atoms with Gasteiger partial charge in [-0.2, -0.15) is 0 Å². The molecule has 0 aromatic carbocycles. The molecule has 0 spiro atoms. The van der Waals surface area contributed by atoms with Gasteiger partial charge in [-0.3, -0.25) is 0 Å². The van der Waals surface area contributed by atoms with Crippen molar-refractivity contribution >= 4 is 15.5 Å². The first-order valence-corrected chi connectivity index (χ1v) is 9.78. The molecule has 0 aliphatic carbocycles. The highest BCUT2D eigenvalue weighted by Crippen LogP contribution is 2.07. The van der Waals surface area contributed by atoms with E-state index in [-0.39, 0.29) is 17.6 Å². The highest BCUT2D eigenvalue weighted by molar-refractivity contribution is 6.38. The summed E-state index contributed by atoms with van der Waals surface area (Å²) in [5.74, 6) is -0.471. The van der Waals surface area contributed by atoms with E-state index in [4.69, 9.17) is 14.2 Å². The molecule has 0 aromatic heterocycles. The van der Waals surface area contributed by atoms with Gasteiger partial charge in [0.1, 0.15) is 15.4 Å². The molecule has 124 valence electrons. The molecule has 0 N–H and O–H groups in total. The van der Waals surface area contributed by atoms with Crippen LogP contribution in [0.1, 0.15) is 59.8 Å². The van der Waals surface area contributed by atoms with Gasteiger partial charge in [-0.1, -0.05) is 40.2 Å². The Labute approximate surface area is 132 Å². The standard InChI is InChI=1S/C16H32O4Si/c1-6-9-11-18-16(19-12-10-7-2)21-14(8-3)20-15(17)13(4)5/h14,16H,4,6-12,21H2,1-3,5H3. The van der Waals surface area contributed by atoms with Crippen molar-refractivity contribution in [1.82, 2.24) is 0 Å². The number of hydrogen-bond donors (Lipinski definition) is 0. The lowest BCUT2D eigenvalue weighted by atomic mass is 10.4. The maximum Gasteiger partial charge on any atom is 0.333 e. The maximum absolute atomic E-state index is 11.6. The Balaban J connectivity index is 4.35. The van der Waals surface area contributed by atoms with Crippen molar-refractivity contribution in [2.75, 3.05) is 13.2 Å². The summed E-state index contributed by atoms with van der Waals surface area (Å²) in [6, 6.07) is 0. The monoisotopic (exact) mass is 316 g/mol. The topological polar surface area (TPSA) is 44.8 Å². The fourth-order valence-corrected chi connectivity index (χ4v) is 3.28. The third-order valence-corrected chi connectivity index (χ3v) is 5.26. The zero-order valence-corrected chi connectivity index (χ0v) is 15.6. The van der Waals surface area contributed by atoms with E-state index in [9.17, 15) is 4.79 Å². The van der Waals surface area contributed by atoms with Crippen molar-refractivity contribution in [1.29, 1.82) is 0 Å². The highest BCUT2D eigenvalue weighted by Gasteiger charge is 2.21. The van der Waals surface area contributed by atoms with Gasteiger partial charge in [-0.05, 0) is 26.2 Å². The van der Waals surface area contributed by atoms with Crippen LogP contribution in [-0.4, -0.2) is 40.3 Å². The second kappa shape index (κ2) is 13.0. The van der Waals surface area contributed by atoms with Gasteiger partial charge >= 0.3 is 5.97 Å². The van der Waals surface area contributed by atoms with Crippen LogP contribution in [0.25, 0.3) is 0 Å². The van der Waals surface area contributed by atoms with Gasteiger partial charge in [0, 0.05) is 18.8 Å². The van der Waals surface area contributed by atoms with E-state index in [0.29, 0.717) is 18.8 Å². The van der Waals surface area contributed by atoms with Gasteiger partial charge in [0.05, 0.1) is 5.73 Å². The van der Waals surface area contributed by atoms with Crippen LogP contribution in [0.15, 0.2) is 12.2 Å². The van der Waals surface area contributed by atoms with Crippen molar-refractivity contribution in [2.24, 2.45) is 0 Å². The Morgan fingerprint density at radius 2 is 1.62 bits per heavy atom. The molecule has 0 bridgehead atoms. The number of hydrogen-bond acceptors (Lipinski definition) is 4. The summed E-state index contributed by atoms with van der Waals surface area (Å²) in [4.78, 5) is 11.6. The SMILES string of the molecule is C=C(C)C(=O)OC(CC)[SiH2]C(OCCCC)OCCCC. The molecular formula is C16H32O4Si. The third kappa shape index (κ3) is 10.7. The zero-order valence-electron chi connectivity index (χ0n) is 14.2. The fourth-order valence-electron chi connectivity index (χ4n) is 1.67. The van der Waals surface area contributed by atoms with Gasteiger partial charge in [0.25, 0.3) is 0 Å². The molecule has 1 unspecified atom stereocenters. The van der Waals surface area contributed by atoms with Crippen LogP contribution in [-0.2, 0) is 19.0 Å². The maximum atomic E-state index is 11.6. The number of carbonyl (C=O) groups is 1. The Morgan fingerprint density at radius 3 is 2.00 bits per heavy atom. The molecule has 0 heterocycles. The van der Waals surface area contributed by atoms with Crippen LogP contribution in [0.3, 0.4) is 0 Å². The first kappa shape index (κ1) is 20.3. The van der Waals surface area contributed by atoms with E-state index in [1.54, 1.807) is 6.92 Å². The van der Waals surface area contributed by atoms with Crippen LogP contribution in [0.4, 0.5) is 0 Å². The first-order chi connectivity index (χ1) is 10.0. The summed E-state index contributed by atoms with van der Waals surface area (Å²) in [6.45, 7) is 13.0. The van der Waals surface area contributed by atoms with Gasteiger partial charge in [0.15, 0.2) is 0 Å². The van der Waals surface area contributed by atoms with E-state index in [1.807, 2.05) is 6.92 Å². The van der Waals surface area contributed by atoms with Crippen LogP contribution in [0.5, 0.6) is 0 Å². The van der Waals surface area contributed by atoms with Crippen molar-refractivity contribution < 1.29 is 19.0 Å². The van der Waals surface area contributed by atoms with E-state index in [0.717, 1.165) is 32.1 Å². The summed E-state index contributed by atoms with van der Waals surface area (Å²) >= 11 is 0. The van der Waals surface area contributed by atoms with Crippen molar-refractivity contribution in [3.63, 3.8) is 0 Å². The molecule has 5 heteroatoms. The number of rotatable bonds is 13. The highest BCUT2D eigenvalue weighted by atomic mass is 28.2. The minimum absolute atomic E-state index is 0.0533. The zero-order chi connectivity index (χ0) is 16.1. The molecule has 0 saturated heterocycles. The Hall–Kier alpha value is -0.653. The average molecular weight is 317 g/mol. The molecule has 0 amide bonds. The van der Waals surface area contributed by atoms with E-state index in [1.165, 1.54) is 0 Å². The molecule has 0 aromatic rings. The molecule has 0 aliphatic heterocycles. The lowest BCUT2D eigenvalue weighted by molar-refractivity contribution is -0.141. The molecule has 0 radical (unpaired) electrons. The predicted molar refractivity (Wildman–Crippen MR) is 89.0 cm³/mol. The van der Waals surface area contributed by atoms with Crippen LogP contribution >= 0.6 is 0 Å². The Bertz CT molecular complexity index is 284. The Kier molecular flexibility index (Phi) is 12.6. The minimum atomic E-state index is -0.820. The van der Waals surface area contributed by atoms with Crippen LogP contribution in [0.2, 0.25) is 0 Å². The largest absolute Gasteiger partial charge is 0.463 e. The summed E-state index contributed by atoms with van der Waals surface area (Å²) in [7, 11) is -0.820. The summed E-state index contributed by atoms with van der Waals surface area (Å²) in [5, 5.41) is 0. The number of carbonyl (C=O) groups excluding carboxylic acids is 1. The second-order valence-electron chi connectivity index (χ2n) is 5.33. The average Bonchev–Trinajstić information content (AvgIpc) is 2.46. The molecular weight excluding hydrogens is 284 g/mol. The predicted octanol–water partition coefficient (Wildman–Crippen LogP) is 2.93. The number of ether oxygens (including phenoxy) is 3. The normalized spacial score (nSPS) is 13.0. The van der Waals surface area contributed by atoms with Gasteiger partial charge in [-0.15, -0.1) is 0 Å². The van der Waals surface area contributed by atoms with Gasteiger partial charge in [-0.25, -0.2) is 4.79 Å².